The minimum atomic E-state index is 0.725. The zero-order valence-electron chi connectivity index (χ0n) is 14.0. The Morgan fingerprint density at radius 2 is 1.83 bits per heavy atom. The topological polar surface area (TPSA) is 47.7 Å². The normalized spacial score (nSPS) is 10.8. The van der Waals surface area contributed by atoms with Gasteiger partial charge in [-0.1, -0.05) is 31.2 Å². The van der Waals surface area contributed by atoms with Crippen molar-refractivity contribution in [2.24, 2.45) is 5.73 Å². The fraction of sp³-hybridized carbons (Fsp3) is 0.368. The molecule has 0 amide bonds. The molecule has 0 aromatic heterocycles. The number of para-hydroxylation sites is 2. The highest BCUT2D eigenvalue weighted by molar-refractivity contribution is 5.43. The van der Waals surface area contributed by atoms with Crippen LogP contribution in [0.15, 0.2) is 48.5 Å². The second kappa shape index (κ2) is 9.18. The first-order valence-electron chi connectivity index (χ1n) is 8.09. The van der Waals surface area contributed by atoms with Crippen molar-refractivity contribution in [2.45, 2.75) is 19.9 Å². The van der Waals surface area contributed by atoms with Gasteiger partial charge in [-0.2, -0.15) is 0 Å². The number of hydrogen-bond donors (Lipinski definition) is 1. The van der Waals surface area contributed by atoms with E-state index in [1.54, 1.807) is 7.11 Å². The first kappa shape index (κ1) is 17.3. The van der Waals surface area contributed by atoms with Crippen LogP contribution in [0.3, 0.4) is 0 Å². The van der Waals surface area contributed by atoms with Crippen molar-refractivity contribution >= 4 is 0 Å². The van der Waals surface area contributed by atoms with Crippen molar-refractivity contribution in [3.8, 4) is 17.2 Å². The van der Waals surface area contributed by atoms with E-state index in [1.807, 2.05) is 36.4 Å². The molecule has 0 aliphatic carbocycles. The molecular weight excluding hydrogens is 288 g/mol. The number of rotatable bonds is 9. The number of benzene rings is 2. The second-order valence-corrected chi connectivity index (χ2v) is 5.41. The van der Waals surface area contributed by atoms with E-state index in [1.165, 1.54) is 5.56 Å². The van der Waals surface area contributed by atoms with Gasteiger partial charge >= 0.3 is 0 Å². The fourth-order valence-electron chi connectivity index (χ4n) is 2.46. The number of ether oxygens (including phenoxy) is 2. The smallest absolute Gasteiger partial charge is 0.169 e. The van der Waals surface area contributed by atoms with Gasteiger partial charge in [0.2, 0.25) is 0 Å². The minimum absolute atomic E-state index is 0.725. The van der Waals surface area contributed by atoms with Crippen molar-refractivity contribution in [1.82, 2.24) is 4.90 Å². The van der Waals surface area contributed by atoms with Crippen LogP contribution in [0.5, 0.6) is 17.2 Å². The Kier molecular flexibility index (Phi) is 6.91. The Bertz CT molecular complexity index is 601. The molecule has 0 aliphatic rings. The molecule has 2 N–H and O–H groups in total. The molecular formula is C19H26N2O2. The van der Waals surface area contributed by atoms with Crippen LogP contribution in [0, 0.1) is 0 Å². The highest BCUT2D eigenvalue weighted by Crippen LogP contribution is 2.31. The zero-order valence-corrected chi connectivity index (χ0v) is 14.0. The highest BCUT2D eigenvalue weighted by Gasteiger charge is 2.07. The Morgan fingerprint density at radius 1 is 1.04 bits per heavy atom. The molecule has 0 unspecified atom stereocenters. The summed E-state index contributed by atoms with van der Waals surface area (Å²) < 4.78 is 11.3. The molecule has 0 fully saturated rings. The van der Waals surface area contributed by atoms with E-state index in [-0.39, 0.29) is 0 Å². The quantitative estimate of drug-likeness (QED) is 0.767. The van der Waals surface area contributed by atoms with Crippen LogP contribution in [0.2, 0.25) is 0 Å². The van der Waals surface area contributed by atoms with Crippen molar-refractivity contribution in [2.75, 3.05) is 26.7 Å². The Labute approximate surface area is 138 Å². The third-order valence-electron chi connectivity index (χ3n) is 3.73. The predicted molar refractivity (Wildman–Crippen MR) is 94.1 cm³/mol. The van der Waals surface area contributed by atoms with Gasteiger partial charge in [0, 0.05) is 6.54 Å². The number of methoxy groups -OCH3 is 1. The van der Waals surface area contributed by atoms with Crippen molar-refractivity contribution < 1.29 is 9.47 Å². The van der Waals surface area contributed by atoms with Crippen LogP contribution in [0.25, 0.3) is 0 Å². The van der Waals surface area contributed by atoms with Gasteiger partial charge in [0.15, 0.2) is 11.5 Å². The van der Waals surface area contributed by atoms with E-state index >= 15 is 0 Å². The van der Waals surface area contributed by atoms with E-state index in [0.717, 1.165) is 49.8 Å². The summed E-state index contributed by atoms with van der Waals surface area (Å²) in [5.41, 5.74) is 6.84. The Hall–Kier alpha value is -2.04. The largest absolute Gasteiger partial charge is 0.493 e. The maximum Gasteiger partial charge on any atom is 0.169 e. The molecule has 0 heterocycles. The summed E-state index contributed by atoms with van der Waals surface area (Å²) in [6.45, 7) is 5.83. The first-order valence-corrected chi connectivity index (χ1v) is 8.09. The molecule has 0 aliphatic heterocycles. The molecule has 4 nitrogen and oxygen atoms in total. The average Bonchev–Trinajstić information content (AvgIpc) is 2.59. The molecule has 0 bridgehead atoms. The lowest BCUT2D eigenvalue weighted by atomic mass is 10.2. The van der Waals surface area contributed by atoms with E-state index < -0.39 is 0 Å². The molecule has 2 rings (SSSR count). The summed E-state index contributed by atoms with van der Waals surface area (Å²) in [4.78, 5) is 2.38. The van der Waals surface area contributed by atoms with Gasteiger partial charge in [-0.25, -0.2) is 0 Å². The third kappa shape index (κ3) is 5.27. The van der Waals surface area contributed by atoms with E-state index in [9.17, 15) is 0 Å². The van der Waals surface area contributed by atoms with E-state index in [4.69, 9.17) is 15.2 Å². The predicted octanol–water partition coefficient (Wildman–Crippen LogP) is 3.66. The summed E-state index contributed by atoms with van der Waals surface area (Å²) in [6, 6.07) is 15.9. The van der Waals surface area contributed by atoms with Gasteiger partial charge < -0.3 is 15.2 Å². The summed E-state index contributed by atoms with van der Waals surface area (Å²) in [5, 5.41) is 0. The van der Waals surface area contributed by atoms with E-state index in [0.29, 0.717) is 0 Å². The molecule has 0 atom stereocenters. The van der Waals surface area contributed by atoms with Crippen LogP contribution in [-0.4, -0.2) is 31.6 Å². The fourth-order valence-corrected chi connectivity index (χ4v) is 2.46. The molecule has 0 saturated carbocycles. The van der Waals surface area contributed by atoms with Crippen LogP contribution in [0.1, 0.15) is 18.9 Å². The zero-order chi connectivity index (χ0) is 16.5. The Morgan fingerprint density at radius 3 is 2.52 bits per heavy atom. The van der Waals surface area contributed by atoms with Crippen molar-refractivity contribution in [3.05, 3.63) is 54.1 Å². The minimum Gasteiger partial charge on any atom is -0.493 e. The Balaban J connectivity index is 2.07. The molecule has 0 spiro atoms. The maximum absolute atomic E-state index is 5.97. The standard InChI is InChI=1S/C19H26N2O2/c1-3-21(13-7-12-20)15-16-8-6-9-17(14-16)23-19-11-5-4-10-18(19)22-2/h4-6,8-11,14H,3,7,12-13,15,20H2,1-2H3. The number of hydrogen-bond acceptors (Lipinski definition) is 4. The summed E-state index contributed by atoms with van der Waals surface area (Å²) >= 11 is 0. The van der Waals surface area contributed by atoms with Crippen LogP contribution in [0.4, 0.5) is 0 Å². The monoisotopic (exact) mass is 314 g/mol. The number of nitrogens with two attached hydrogens (primary N) is 1. The lowest BCUT2D eigenvalue weighted by Gasteiger charge is -2.20. The van der Waals surface area contributed by atoms with Crippen molar-refractivity contribution in [1.29, 1.82) is 0 Å². The molecule has 0 radical (unpaired) electrons. The maximum atomic E-state index is 5.97. The highest BCUT2D eigenvalue weighted by atomic mass is 16.5. The van der Waals surface area contributed by atoms with Gasteiger partial charge in [-0.15, -0.1) is 0 Å². The van der Waals surface area contributed by atoms with Gasteiger partial charge in [0.05, 0.1) is 7.11 Å². The second-order valence-electron chi connectivity index (χ2n) is 5.41. The summed E-state index contributed by atoms with van der Waals surface area (Å²) in [6.07, 6.45) is 1.02. The van der Waals surface area contributed by atoms with Gasteiger partial charge in [0.25, 0.3) is 0 Å². The molecule has 4 heteroatoms. The number of nitrogens with zero attached hydrogens (tertiary/aromatic N) is 1. The SMILES string of the molecule is CCN(CCCN)Cc1cccc(Oc2ccccc2OC)c1. The summed E-state index contributed by atoms with van der Waals surface area (Å²) in [5.74, 6) is 2.28. The van der Waals surface area contributed by atoms with Gasteiger partial charge in [0.1, 0.15) is 5.75 Å². The van der Waals surface area contributed by atoms with Crippen LogP contribution >= 0.6 is 0 Å². The van der Waals surface area contributed by atoms with E-state index in [2.05, 4.69) is 24.0 Å². The van der Waals surface area contributed by atoms with Gasteiger partial charge in [-0.05, 0) is 55.9 Å². The lowest BCUT2D eigenvalue weighted by molar-refractivity contribution is 0.277. The molecule has 2 aromatic rings. The van der Waals surface area contributed by atoms with Gasteiger partial charge in [-0.3, -0.25) is 4.90 Å². The first-order chi connectivity index (χ1) is 11.3. The molecule has 23 heavy (non-hydrogen) atoms. The average molecular weight is 314 g/mol. The van der Waals surface area contributed by atoms with Crippen LogP contribution in [-0.2, 0) is 6.54 Å². The third-order valence-corrected chi connectivity index (χ3v) is 3.73. The van der Waals surface area contributed by atoms with Crippen LogP contribution < -0.4 is 15.2 Å². The summed E-state index contributed by atoms with van der Waals surface area (Å²) in [7, 11) is 1.65. The molecule has 0 saturated heterocycles. The molecule has 124 valence electrons. The molecule has 2 aromatic carbocycles. The van der Waals surface area contributed by atoms with Crippen molar-refractivity contribution in [3.63, 3.8) is 0 Å². The lowest BCUT2D eigenvalue weighted by Crippen LogP contribution is -2.25.